The molecular weight excluding hydrogens is 426 g/mol. The molecule has 8 heteroatoms. The second kappa shape index (κ2) is 9.68. The van der Waals surface area contributed by atoms with Crippen molar-refractivity contribution in [3.05, 3.63) is 83.4 Å². The molecule has 0 spiro atoms. The molecule has 4 rings (SSSR count). The average molecular weight is 451 g/mol. The third kappa shape index (κ3) is 4.37. The lowest BCUT2D eigenvalue weighted by atomic mass is 9.94. The maximum atomic E-state index is 13.2. The molecule has 0 saturated heterocycles. The summed E-state index contributed by atoms with van der Waals surface area (Å²) in [7, 11) is 1.52. The lowest BCUT2D eigenvalue weighted by molar-refractivity contribution is -0.130. The quantitative estimate of drug-likeness (QED) is 0.348. The van der Waals surface area contributed by atoms with E-state index in [4.69, 9.17) is 18.3 Å². The Morgan fingerprint density at radius 3 is 2.58 bits per heavy atom. The number of ketones is 1. The first kappa shape index (κ1) is 22.3. The molecule has 0 radical (unpaired) electrons. The van der Waals surface area contributed by atoms with Gasteiger partial charge in [0.25, 0.3) is 5.91 Å². The Kier molecular flexibility index (Phi) is 6.53. The van der Waals surface area contributed by atoms with Crippen molar-refractivity contribution < 1.29 is 33.0 Å². The molecule has 0 aliphatic carbocycles. The Morgan fingerprint density at radius 2 is 1.91 bits per heavy atom. The van der Waals surface area contributed by atoms with Gasteiger partial charge in [-0.3, -0.25) is 9.59 Å². The summed E-state index contributed by atoms with van der Waals surface area (Å²) in [4.78, 5) is 27.6. The highest BCUT2D eigenvalue weighted by molar-refractivity contribution is 6.15. The van der Waals surface area contributed by atoms with E-state index in [9.17, 15) is 14.7 Å². The Labute approximate surface area is 191 Å². The van der Waals surface area contributed by atoms with Crippen LogP contribution < -0.4 is 9.47 Å². The number of methoxy groups -OCH3 is 1. The number of amides is 1. The fourth-order valence-corrected chi connectivity index (χ4v) is 3.81. The minimum Gasteiger partial charge on any atom is -0.503 e. The molecule has 2 aromatic heterocycles. The second-order valence-electron chi connectivity index (χ2n) is 7.60. The number of hydrogen-bond donors (Lipinski definition) is 1. The Balaban J connectivity index is 1.76. The van der Waals surface area contributed by atoms with Crippen molar-refractivity contribution in [2.75, 3.05) is 13.7 Å². The number of Topliss-reactive ketones (excluding diaryl/α,β-unsaturated/α-hetero) is 1. The first-order valence-electron chi connectivity index (χ1n) is 10.7. The van der Waals surface area contributed by atoms with Gasteiger partial charge in [-0.2, -0.15) is 0 Å². The van der Waals surface area contributed by atoms with Crippen LogP contribution in [-0.2, 0) is 11.3 Å². The molecular formula is C25H25NO7. The zero-order chi connectivity index (χ0) is 23.4. The summed E-state index contributed by atoms with van der Waals surface area (Å²) in [5.41, 5.74) is 0.511. The Bertz CT molecular complexity index is 1150. The van der Waals surface area contributed by atoms with Crippen molar-refractivity contribution in [1.82, 2.24) is 4.90 Å². The van der Waals surface area contributed by atoms with Gasteiger partial charge < -0.3 is 28.3 Å². The number of aliphatic hydroxyl groups excluding tert-OH is 1. The topological polar surface area (TPSA) is 102 Å². The van der Waals surface area contributed by atoms with Crippen LogP contribution in [0.15, 0.2) is 75.2 Å². The maximum Gasteiger partial charge on any atom is 0.290 e. The van der Waals surface area contributed by atoms with Crippen LogP contribution in [-0.4, -0.2) is 35.4 Å². The van der Waals surface area contributed by atoms with Crippen LogP contribution in [0.2, 0.25) is 0 Å². The molecule has 1 unspecified atom stereocenters. The molecule has 0 saturated carbocycles. The third-order valence-electron chi connectivity index (χ3n) is 5.46. The second-order valence-corrected chi connectivity index (χ2v) is 7.60. The van der Waals surface area contributed by atoms with Gasteiger partial charge in [-0.05, 0) is 48.4 Å². The van der Waals surface area contributed by atoms with Crippen molar-refractivity contribution in [1.29, 1.82) is 0 Å². The number of hydrogen-bond acceptors (Lipinski definition) is 7. The Morgan fingerprint density at radius 1 is 1.12 bits per heavy atom. The molecule has 3 heterocycles. The molecule has 1 aromatic carbocycles. The highest BCUT2D eigenvalue weighted by Crippen LogP contribution is 2.42. The molecule has 1 aliphatic heterocycles. The van der Waals surface area contributed by atoms with E-state index in [0.717, 1.165) is 12.8 Å². The maximum absolute atomic E-state index is 13.2. The van der Waals surface area contributed by atoms with Crippen LogP contribution in [0.5, 0.6) is 11.5 Å². The smallest absolute Gasteiger partial charge is 0.290 e. The largest absolute Gasteiger partial charge is 0.503 e. The molecule has 3 aromatic rings. The minimum atomic E-state index is -0.876. The van der Waals surface area contributed by atoms with Crippen molar-refractivity contribution in [2.24, 2.45) is 0 Å². The van der Waals surface area contributed by atoms with Crippen LogP contribution in [0.25, 0.3) is 0 Å². The zero-order valence-electron chi connectivity index (χ0n) is 18.4. The summed E-state index contributed by atoms with van der Waals surface area (Å²) in [6.45, 7) is 2.68. The predicted octanol–water partition coefficient (Wildman–Crippen LogP) is 4.84. The monoisotopic (exact) mass is 451 g/mol. The number of ether oxygens (including phenoxy) is 2. The van der Waals surface area contributed by atoms with Crippen molar-refractivity contribution in [3.63, 3.8) is 0 Å². The summed E-state index contributed by atoms with van der Waals surface area (Å²) in [5.74, 6) is -0.294. The van der Waals surface area contributed by atoms with Gasteiger partial charge in [-0.1, -0.05) is 19.4 Å². The van der Waals surface area contributed by atoms with Crippen LogP contribution in [0.1, 0.15) is 47.7 Å². The fraction of sp³-hybridized carbons (Fsp3) is 0.280. The summed E-state index contributed by atoms with van der Waals surface area (Å²) >= 11 is 0. The minimum absolute atomic E-state index is 0.0284. The standard InChI is InChI=1S/C25H25NO7/c1-3-4-11-32-18-10-9-16(14-20(18)30-2)22-21(23(27)19-8-6-13-33-19)24(28)25(29)26(22)15-17-7-5-12-31-17/h5-10,12-14,22,28H,3-4,11,15H2,1-2H3. The number of rotatable bonds is 10. The van der Waals surface area contributed by atoms with Crippen LogP contribution in [0.4, 0.5) is 0 Å². The molecule has 0 bridgehead atoms. The van der Waals surface area contributed by atoms with Gasteiger partial charge in [-0.25, -0.2) is 0 Å². The van der Waals surface area contributed by atoms with Crippen LogP contribution in [0.3, 0.4) is 0 Å². The van der Waals surface area contributed by atoms with Gasteiger partial charge >= 0.3 is 0 Å². The average Bonchev–Trinajstić information content (AvgIpc) is 3.58. The van der Waals surface area contributed by atoms with E-state index in [2.05, 4.69) is 6.92 Å². The number of carbonyl (C=O) groups excluding carboxylic acids is 2. The van der Waals surface area contributed by atoms with E-state index in [1.165, 1.54) is 30.6 Å². The fourth-order valence-electron chi connectivity index (χ4n) is 3.81. The van der Waals surface area contributed by atoms with Gasteiger partial charge in [-0.15, -0.1) is 0 Å². The molecule has 1 aliphatic rings. The van der Waals surface area contributed by atoms with Crippen LogP contribution >= 0.6 is 0 Å². The molecule has 1 N–H and O–H groups in total. The number of benzene rings is 1. The number of nitrogens with zero attached hydrogens (tertiary/aromatic N) is 1. The summed E-state index contributed by atoms with van der Waals surface area (Å²) in [5, 5.41) is 10.7. The number of unbranched alkanes of at least 4 members (excludes halogenated alkanes) is 1. The molecule has 8 nitrogen and oxygen atoms in total. The van der Waals surface area contributed by atoms with Crippen LogP contribution in [0, 0.1) is 0 Å². The lowest BCUT2D eigenvalue weighted by Crippen LogP contribution is -2.30. The van der Waals surface area contributed by atoms with Gasteiger partial charge in [0.05, 0.1) is 44.4 Å². The number of carbonyl (C=O) groups is 2. The van der Waals surface area contributed by atoms with E-state index >= 15 is 0 Å². The predicted molar refractivity (Wildman–Crippen MR) is 118 cm³/mol. The molecule has 1 amide bonds. The zero-order valence-corrected chi connectivity index (χ0v) is 18.4. The highest BCUT2D eigenvalue weighted by atomic mass is 16.5. The van der Waals surface area contributed by atoms with Crippen molar-refractivity contribution in [2.45, 2.75) is 32.4 Å². The van der Waals surface area contributed by atoms with Crippen molar-refractivity contribution in [3.8, 4) is 11.5 Å². The molecule has 33 heavy (non-hydrogen) atoms. The normalized spacial score (nSPS) is 15.9. The molecule has 1 atom stereocenters. The van der Waals surface area contributed by atoms with E-state index in [0.29, 0.717) is 29.4 Å². The summed E-state index contributed by atoms with van der Waals surface area (Å²) < 4.78 is 22.0. The number of furan rings is 2. The Hall–Kier alpha value is -3.94. The van der Waals surface area contributed by atoms with Gasteiger partial charge in [0.15, 0.2) is 23.0 Å². The summed E-state index contributed by atoms with van der Waals surface area (Å²) in [6, 6.07) is 10.8. The van der Waals surface area contributed by atoms with E-state index < -0.39 is 23.5 Å². The SMILES string of the molecule is CCCCOc1ccc(C2C(C(=O)c3ccco3)=C(O)C(=O)N2Cc2ccco2)cc1OC. The lowest BCUT2D eigenvalue weighted by Gasteiger charge is -2.26. The van der Waals surface area contributed by atoms with E-state index in [1.54, 1.807) is 36.4 Å². The van der Waals surface area contributed by atoms with E-state index in [-0.39, 0.29) is 17.9 Å². The number of aliphatic hydroxyl groups is 1. The third-order valence-corrected chi connectivity index (χ3v) is 5.46. The van der Waals surface area contributed by atoms with Gasteiger partial charge in [0, 0.05) is 0 Å². The van der Waals surface area contributed by atoms with Crippen molar-refractivity contribution >= 4 is 11.7 Å². The van der Waals surface area contributed by atoms with E-state index in [1.807, 2.05) is 0 Å². The molecule has 172 valence electrons. The van der Waals surface area contributed by atoms with Gasteiger partial charge in [0.2, 0.25) is 5.78 Å². The summed E-state index contributed by atoms with van der Waals surface area (Å²) in [6.07, 6.45) is 4.76. The molecule has 0 fully saturated rings. The highest BCUT2D eigenvalue weighted by Gasteiger charge is 2.45. The first-order chi connectivity index (χ1) is 16.0. The first-order valence-corrected chi connectivity index (χ1v) is 10.7. The van der Waals surface area contributed by atoms with Gasteiger partial charge in [0.1, 0.15) is 5.76 Å².